The molecule has 2 amide bonds. The number of amides is 2. The maximum atomic E-state index is 12.9. The molecular weight excluding hydrogens is 364 g/mol. The Hall–Kier alpha value is -3.60. The number of fused-ring (bicyclic) bond motifs is 3. The van der Waals surface area contributed by atoms with Crippen molar-refractivity contribution in [3.63, 3.8) is 0 Å². The van der Waals surface area contributed by atoms with Crippen LogP contribution >= 0.6 is 0 Å². The van der Waals surface area contributed by atoms with Crippen molar-refractivity contribution in [1.82, 2.24) is 5.32 Å². The first kappa shape index (κ1) is 18.7. The van der Waals surface area contributed by atoms with E-state index in [1.54, 1.807) is 0 Å². The van der Waals surface area contributed by atoms with Crippen molar-refractivity contribution in [2.24, 2.45) is 0 Å². The molecule has 0 saturated heterocycles. The highest BCUT2D eigenvalue weighted by Crippen LogP contribution is 2.32. The van der Waals surface area contributed by atoms with E-state index in [9.17, 15) is 9.59 Å². The zero-order chi connectivity index (χ0) is 20.5. The Kier molecular flexibility index (Phi) is 4.80. The van der Waals surface area contributed by atoms with Crippen LogP contribution in [0.25, 0.3) is 21.7 Å². The smallest absolute Gasteiger partial charge is 0.287 e. The third-order valence-corrected chi connectivity index (χ3v) is 5.09. The minimum absolute atomic E-state index is 0.135. The van der Waals surface area contributed by atoms with Crippen LogP contribution in [0.2, 0.25) is 0 Å². The van der Waals surface area contributed by atoms with Crippen LogP contribution in [-0.2, 0) is 4.79 Å². The van der Waals surface area contributed by atoms with Gasteiger partial charge in [-0.3, -0.25) is 9.59 Å². The second kappa shape index (κ2) is 7.43. The summed E-state index contributed by atoms with van der Waals surface area (Å²) in [5.74, 6) is -0.0783. The largest absolute Gasteiger partial charge is 0.450 e. The Morgan fingerprint density at radius 1 is 0.966 bits per heavy atom. The molecule has 4 rings (SSSR count). The molecule has 1 heterocycles. The molecule has 1 unspecified atom stereocenters. The summed E-state index contributed by atoms with van der Waals surface area (Å²) in [7, 11) is 0. The van der Waals surface area contributed by atoms with E-state index in [0.29, 0.717) is 11.4 Å². The SMILES string of the molecule is CC(=O)Nc1cccc(C(C)NC(=O)c2oc3c(ccc4ccccc43)c2C)c1. The van der Waals surface area contributed by atoms with E-state index < -0.39 is 0 Å². The average molecular weight is 386 g/mol. The summed E-state index contributed by atoms with van der Waals surface area (Å²) in [6.07, 6.45) is 0. The lowest BCUT2D eigenvalue weighted by molar-refractivity contribution is -0.114. The minimum atomic E-state index is -0.264. The second-order valence-electron chi connectivity index (χ2n) is 7.22. The fourth-order valence-corrected chi connectivity index (χ4v) is 3.60. The third-order valence-electron chi connectivity index (χ3n) is 5.09. The van der Waals surface area contributed by atoms with Crippen LogP contribution in [0, 0.1) is 6.92 Å². The highest BCUT2D eigenvalue weighted by Gasteiger charge is 2.21. The third kappa shape index (κ3) is 3.59. The van der Waals surface area contributed by atoms with Gasteiger partial charge in [0.05, 0.1) is 6.04 Å². The average Bonchev–Trinajstić information content (AvgIpc) is 3.05. The number of nitrogens with one attached hydrogen (secondary N) is 2. The number of anilines is 1. The number of aryl methyl sites for hydroxylation is 1. The van der Waals surface area contributed by atoms with Crippen LogP contribution in [0.1, 0.15) is 41.6 Å². The molecule has 0 bridgehead atoms. The molecule has 1 atom stereocenters. The zero-order valence-corrected chi connectivity index (χ0v) is 16.6. The maximum absolute atomic E-state index is 12.9. The van der Waals surface area contributed by atoms with Gasteiger partial charge < -0.3 is 15.1 Å². The first-order chi connectivity index (χ1) is 13.9. The molecular formula is C24H22N2O3. The van der Waals surface area contributed by atoms with Crippen LogP contribution in [0.4, 0.5) is 5.69 Å². The molecule has 0 spiro atoms. The molecule has 0 aliphatic carbocycles. The van der Waals surface area contributed by atoms with Gasteiger partial charge in [-0.15, -0.1) is 0 Å². The number of carbonyl (C=O) groups excluding carboxylic acids is 2. The summed E-state index contributed by atoms with van der Waals surface area (Å²) < 4.78 is 6.02. The molecule has 5 nitrogen and oxygen atoms in total. The van der Waals surface area contributed by atoms with Crippen LogP contribution in [-0.4, -0.2) is 11.8 Å². The second-order valence-corrected chi connectivity index (χ2v) is 7.22. The lowest BCUT2D eigenvalue weighted by Crippen LogP contribution is -2.26. The van der Waals surface area contributed by atoms with Crippen LogP contribution in [0.15, 0.2) is 65.1 Å². The van der Waals surface area contributed by atoms with Gasteiger partial charge in [-0.2, -0.15) is 0 Å². The quantitative estimate of drug-likeness (QED) is 0.497. The van der Waals surface area contributed by atoms with Crippen LogP contribution in [0.5, 0.6) is 0 Å². The summed E-state index contributed by atoms with van der Waals surface area (Å²) in [5.41, 5.74) is 3.14. The summed E-state index contributed by atoms with van der Waals surface area (Å²) in [4.78, 5) is 24.2. The lowest BCUT2D eigenvalue weighted by Gasteiger charge is -2.15. The van der Waals surface area contributed by atoms with Gasteiger partial charge in [-0.25, -0.2) is 0 Å². The molecule has 29 heavy (non-hydrogen) atoms. The Bertz CT molecular complexity index is 1240. The van der Waals surface area contributed by atoms with E-state index in [-0.39, 0.29) is 17.9 Å². The predicted molar refractivity (Wildman–Crippen MR) is 115 cm³/mol. The molecule has 3 aromatic carbocycles. The lowest BCUT2D eigenvalue weighted by atomic mass is 10.1. The first-order valence-electron chi connectivity index (χ1n) is 9.53. The zero-order valence-electron chi connectivity index (χ0n) is 16.6. The number of furan rings is 1. The van der Waals surface area contributed by atoms with Crippen molar-refractivity contribution in [3.05, 3.63) is 77.6 Å². The van der Waals surface area contributed by atoms with Crippen molar-refractivity contribution < 1.29 is 14.0 Å². The van der Waals surface area contributed by atoms with Gasteiger partial charge in [0.15, 0.2) is 5.76 Å². The molecule has 146 valence electrons. The monoisotopic (exact) mass is 386 g/mol. The van der Waals surface area contributed by atoms with Crippen molar-refractivity contribution in [1.29, 1.82) is 0 Å². The topological polar surface area (TPSA) is 71.3 Å². The van der Waals surface area contributed by atoms with Crippen LogP contribution < -0.4 is 10.6 Å². The summed E-state index contributed by atoms with van der Waals surface area (Å²) in [5, 5.41) is 8.76. The van der Waals surface area contributed by atoms with E-state index in [4.69, 9.17) is 4.42 Å². The Morgan fingerprint density at radius 2 is 1.76 bits per heavy atom. The van der Waals surface area contributed by atoms with Gasteiger partial charge in [0, 0.05) is 28.9 Å². The van der Waals surface area contributed by atoms with Crippen molar-refractivity contribution >= 4 is 39.2 Å². The number of hydrogen-bond acceptors (Lipinski definition) is 3. The minimum Gasteiger partial charge on any atom is -0.450 e. The Morgan fingerprint density at radius 3 is 2.55 bits per heavy atom. The fourth-order valence-electron chi connectivity index (χ4n) is 3.60. The van der Waals surface area contributed by atoms with E-state index in [2.05, 4.69) is 10.6 Å². The highest BCUT2D eigenvalue weighted by atomic mass is 16.3. The van der Waals surface area contributed by atoms with E-state index >= 15 is 0 Å². The van der Waals surface area contributed by atoms with Gasteiger partial charge >= 0.3 is 0 Å². The van der Waals surface area contributed by atoms with Gasteiger partial charge in [-0.1, -0.05) is 48.5 Å². The first-order valence-corrected chi connectivity index (χ1v) is 9.53. The van der Waals surface area contributed by atoms with E-state index in [1.165, 1.54) is 6.92 Å². The molecule has 0 aliphatic heterocycles. The van der Waals surface area contributed by atoms with Crippen molar-refractivity contribution in [2.75, 3.05) is 5.32 Å². The molecule has 1 aromatic heterocycles. The van der Waals surface area contributed by atoms with Crippen LogP contribution in [0.3, 0.4) is 0 Å². The van der Waals surface area contributed by atoms with Gasteiger partial charge in [0.1, 0.15) is 5.58 Å². The van der Waals surface area contributed by atoms with Gasteiger partial charge in [0.2, 0.25) is 5.91 Å². The molecule has 2 N–H and O–H groups in total. The number of hydrogen-bond donors (Lipinski definition) is 2. The maximum Gasteiger partial charge on any atom is 0.287 e. The molecule has 0 fully saturated rings. The summed E-state index contributed by atoms with van der Waals surface area (Å²) in [6, 6.07) is 19.2. The normalized spacial score (nSPS) is 12.1. The predicted octanol–water partition coefficient (Wildman–Crippen LogP) is 5.34. The van der Waals surface area contributed by atoms with Gasteiger partial charge in [-0.05, 0) is 36.9 Å². The molecule has 4 aromatic rings. The molecule has 0 aliphatic rings. The van der Waals surface area contributed by atoms with E-state index in [0.717, 1.165) is 32.9 Å². The van der Waals surface area contributed by atoms with E-state index in [1.807, 2.05) is 74.5 Å². The molecule has 0 radical (unpaired) electrons. The molecule has 5 heteroatoms. The number of carbonyl (C=O) groups is 2. The standard InChI is InChI=1S/C24H22N2O3/c1-14-20-12-11-17-7-4-5-10-21(17)23(20)29-22(14)24(28)25-15(2)18-8-6-9-19(13-18)26-16(3)27/h4-13,15H,1-3H3,(H,25,28)(H,26,27). The van der Waals surface area contributed by atoms with Crippen molar-refractivity contribution in [3.8, 4) is 0 Å². The Labute approximate surface area is 168 Å². The fraction of sp³-hybridized carbons (Fsp3) is 0.167. The summed E-state index contributed by atoms with van der Waals surface area (Å²) >= 11 is 0. The van der Waals surface area contributed by atoms with Gasteiger partial charge in [0.25, 0.3) is 5.91 Å². The number of rotatable bonds is 4. The summed E-state index contributed by atoms with van der Waals surface area (Å²) in [6.45, 7) is 5.27. The number of benzene rings is 3. The molecule has 0 saturated carbocycles. The van der Waals surface area contributed by atoms with Crippen molar-refractivity contribution in [2.45, 2.75) is 26.8 Å². The Balaban J connectivity index is 1.63. The highest BCUT2D eigenvalue weighted by molar-refractivity contribution is 6.08.